The largest absolute Gasteiger partial charge is 0.444 e. The van der Waals surface area contributed by atoms with Crippen molar-refractivity contribution in [3.63, 3.8) is 0 Å². The maximum absolute atomic E-state index is 15.7. The van der Waals surface area contributed by atoms with Crippen LogP contribution in [0.25, 0.3) is 0 Å². The summed E-state index contributed by atoms with van der Waals surface area (Å²) in [5.74, 6) is -3.36. The number of aliphatic imine (C=N–C) groups is 1. The van der Waals surface area contributed by atoms with Gasteiger partial charge in [0.05, 0.1) is 29.0 Å². The van der Waals surface area contributed by atoms with Crippen LogP contribution in [0.1, 0.15) is 45.2 Å². The lowest BCUT2D eigenvalue weighted by atomic mass is 9.86. The SMILES string of the molecule is CN1C(=O)C[C@@](C)(c2cccc(Nc3c(N)ccc(F)c3C(F)(F)F)c2F)N=C1NC(=O)OC(C)(C)C. The summed E-state index contributed by atoms with van der Waals surface area (Å²) in [6.45, 7) is 6.33. The molecule has 1 heterocycles. The van der Waals surface area contributed by atoms with E-state index in [1.807, 2.05) is 0 Å². The first-order chi connectivity index (χ1) is 16.9. The van der Waals surface area contributed by atoms with Crippen molar-refractivity contribution in [3.8, 4) is 0 Å². The Morgan fingerprint density at radius 3 is 2.41 bits per heavy atom. The number of alkyl halides is 3. The molecule has 1 atom stereocenters. The number of nitrogens with zero attached hydrogens (tertiary/aromatic N) is 2. The van der Waals surface area contributed by atoms with Gasteiger partial charge < -0.3 is 15.8 Å². The number of alkyl carbamates (subject to hydrolysis) is 1. The number of hydrogen-bond donors (Lipinski definition) is 3. The fourth-order valence-corrected chi connectivity index (χ4v) is 3.73. The number of hydrogen-bond acceptors (Lipinski definition) is 6. The minimum atomic E-state index is -5.12. The molecule has 13 heteroatoms. The van der Waals surface area contributed by atoms with Crippen molar-refractivity contribution in [2.45, 2.75) is 51.4 Å². The van der Waals surface area contributed by atoms with Crippen molar-refractivity contribution in [2.24, 2.45) is 4.99 Å². The predicted octanol–water partition coefficient (Wildman–Crippen LogP) is 5.27. The van der Waals surface area contributed by atoms with E-state index in [2.05, 4.69) is 15.6 Å². The highest BCUT2D eigenvalue weighted by Gasteiger charge is 2.41. The number of rotatable bonds is 3. The Balaban J connectivity index is 2.05. The molecule has 0 saturated carbocycles. The van der Waals surface area contributed by atoms with E-state index in [9.17, 15) is 27.2 Å². The standard InChI is InChI=1S/C24H26F5N5O3/c1-22(2,3)37-21(36)32-20-33-23(4,11-16(35)34(20)5)12-7-6-8-15(18(12)26)31-19-14(30)10-9-13(25)17(19)24(27,28)29/h6-10,31H,11,30H2,1-5H3,(H,32,33,36)/t23-/m0/s1. The van der Waals surface area contributed by atoms with Gasteiger partial charge in [-0.2, -0.15) is 13.2 Å². The summed E-state index contributed by atoms with van der Waals surface area (Å²) < 4.78 is 75.5. The van der Waals surface area contributed by atoms with Crippen LogP contribution < -0.4 is 16.4 Å². The summed E-state index contributed by atoms with van der Waals surface area (Å²) in [6, 6.07) is 5.24. The van der Waals surface area contributed by atoms with Crippen molar-refractivity contribution in [1.82, 2.24) is 10.2 Å². The number of nitrogens with one attached hydrogen (secondary N) is 2. The molecule has 0 spiro atoms. The number of carbonyl (C=O) groups excluding carboxylic acids is 2. The molecular weight excluding hydrogens is 501 g/mol. The van der Waals surface area contributed by atoms with Crippen molar-refractivity contribution in [1.29, 1.82) is 0 Å². The van der Waals surface area contributed by atoms with E-state index < -0.39 is 63.6 Å². The molecule has 1 aliphatic heterocycles. The summed E-state index contributed by atoms with van der Waals surface area (Å²) in [5, 5.41) is 4.61. The quantitative estimate of drug-likeness (QED) is 0.372. The minimum Gasteiger partial charge on any atom is -0.444 e. The molecular formula is C24H26F5N5O3. The summed E-state index contributed by atoms with van der Waals surface area (Å²) >= 11 is 0. The van der Waals surface area contributed by atoms with Crippen LogP contribution in [-0.4, -0.2) is 35.5 Å². The molecule has 1 aliphatic rings. The molecule has 0 radical (unpaired) electrons. The summed E-state index contributed by atoms with van der Waals surface area (Å²) in [7, 11) is 1.36. The Morgan fingerprint density at radius 1 is 1.16 bits per heavy atom. The Morgan fingerprint density at radius 2 is 1.81 bits per heavy atom. The fraction of sp³-hybridized carbons (Fsp3) is 0.375. The highest BCUT2D eigenvalue weighted by atomic mass is 19.4. The molecule has 200 valence electrons. The van der Waals surface area contributed by atoms with Gasteiger partial charge in [0.15, 0.2) is 5.82 Å². The zero-order valence-corrected chi connectivity index (χ0v) is 20.7. The average Bonchev–Trinajstić information content (AvgIpc) is 2.73. The van der Waals surface area contributed by atoms with Crippen LogP contribution in [0.2, 0.25) is 0 Å². The van der Waals surface area contributed by atoms with E-state index in [4.69, 9.17) is 10.5 Å². The van der Waals surface area contributed by atoms with E-state index in [1.165, 1.54) is 26.1 Å². The third-order valence-electron chi connectivity index (χ3n) is 5.46. The Labute approximate surface area is 209 Å². The molecule has 0 bridgehead atoms. The van der Waals surface area contributed by atoms with Gasteiger partial charge in [-0.05, 0) is 45.9 Å². The van der Waals surface area contributed by atoms with E-state index in [1.54, 1.807) is 20.8 Å². The zero-order chi connectivity index (χ0) is 27.9. The molecule has 2 aromatic rings. The van der Waals surface area contributed by atoms with Crippen molar-refractivity contribution in [2.75, 3.05) is 18.1 Å². The van der Waals surface area contributed by atoms with Crippen LogP contribution in [0.4, 0.5) is 43.8 Å². The van der Waals surface area contributed by atoms with Crippen molar-refractivity contribution < 1.29 is 36.3 Å². The molecule has 3 rings (SSSR count). The number of guanidine groups is 1. The number of nitrogens with two attached hydrogens (primary N) is 1. The average molecular weight is 527 g/mol. The molecule has 37 heavy (non-hydrogen) atoms. The zero-order valence-electron chi connectivity index (χ0n) is 20.7. The van der Waals surface area contributed by atoms with Gasteiger partial charge in [-0.25, -0.2) is 18.6 Å². The molecule has 0 aromatic heterocycles. The van der Waals surface area contributed by atoms with Gasteiger partial charge in [0.1, 0.15) is 17.0 Å². The summed E-state index contributed by atoms with van der Waals surface area (Å²) in [5.41, 5.74) is -0.354. The highest BCUT2D eigenvalue weighted by molar-refractivity contribution is 6.05. The first-order valence-corrected chi connectivity index (χ1v) is 11.0. The molecule has 4 N–H and O–H groups in total. The molecule has 0 unspecified atom stereocenters. The first-order valence-electron chi connectivity index (χ1n) is 11.0. The second-order valence-corrected chi connectivity index (χ2v) is 9.64. The molecule has 2 aromatic carbocycles. The van der Waals surface area contributed by atoms with Crippen molar-refractivity contribution in [3.05, 3.63) is 53.1 Å². The normalized spacial score (nSPS) is 18.4. The van der Waals surface area contributed by atoms with Crippen LogP contribution in [-0.2, 0) is 21.2 Å². The van der Waals surface area contributed by atoms with Gasteiger partial charge in [0.2, 0.25) is 11.9 Å². The maximum Gasteiger partial charge on any atom is 0.421 e. The maximum atomic E-state index is 15.7. The number of anilines is 3. The lowest BCUT2D eigenvalue weighted by Gasteiger charge is -2.35. The number of ether oxygens (including phenoxy) is 1. The number of nitrogen functional groups attached to an aromatic ring is 1. The summed E-state index contributed by atoms with van der Waals surface area (Å²) in [6.07, 6.45) is -6.33. The second kappa shape index (κ2) is 9.52. The predicted molar refractivity (Wildman–Crippen MR) is 127 cm³/mol. The van der Waals surface area contributed by atoms with E-state index in [-0.39, 0.29) is 17.9 Å². The number of amides is 2. The lowest BCUT2D eigenvalue weighted by Crippen LogP contribution is -2.52. The van der Waals surface area contributed by atoms with Crippen LogP contribution in [0.5, 0.6) is 0 Å². The van der Waals surface area contributed by atoms with Gasteiger partial charge in [0.25, 0.3) is 0 Å². The third-order valence-corrected chi connectivity index (χ3v) is 5.46. The summed E-state index contributed by atoms with van der Waals surface area (Å²) in [4.78, 5) is 30.4. The Kier molecular flexibility index (Phi) is 7.12. The van der Waals surface area contributed by atoms with Gasteiger partial charge >= 0.3 is 12.3 Å². The van der Waals surface area contributed by atoms with Crippen molar-refractivity contribution >= 4 is 35.0 Å². The molecule has 8 nitrogen and oxygen atoms in total. The first kappa shape index (κ1) is 27.7. The third kappa shape index (κ3) is 5.92. The fourth-order valence-electron chi connectivity index (χ4n) is 3.73. The monoisotopic (exact) mass is 527 g/mol. The molecule has 0 fully saturated rings. The van der Waals surface area contributed by atoms with E-state index in [0.29, 0.717) is 6.07 Å². The lowest BCUT2D eigenvalue weighted by molar-refractivity contribution is -0.139. The number of halogens is 5. The van der Waals surface area contributed by atoms with Crippen LogP contribution in [0, 0.1) is 11.6 Å². The number of benzene rings is 2. The Hall–Kier alpha value is -3.90. The van der Waals surface area contributed by atoms with E-state index in [0.717, 1.165) is 17.0 Å². The highest BCUT2D eigenvalue weighted by Crippen LogP contribution is 2.43. The molecule has 0 saturated heterocycles. The molecule has 2 amide bonds. The number of carbonyl (C=O) groups is 2. The van der Waals surface area contributed by atoms with Gasteiger partial charge in [0, 0.05) is 12.6 Å². The smallest absolute Gasteiger partial charge is 0.421 e. The second-order valence-electron chi connectivity index (χ2n) is 9.64. The van der Waals surface area contributed by atoms with Gasteiger partial charge in [-0.1, -0.05) is 12.1 Å². The minimum absolute atomic E-state index is 0.161. The topological polar surface area (TPSA) is 109 Å². The van der Waals surface area contributed by atoms with Gasteiger partial charge in [-0.3, -0.25) is 15.0 Å². The molecule has 0 aliphatic carbocycles. The van der Waals surface area contributed by atoms with Gasteiger partial charge in [-0.15, -0.1) is 0 Å². The van der Waals surface area contributed by atoms with Crippen LogP contribution in [0.3, 0.4) is 0 Å². The van der Waals surface area contributed by atoms with E-state index >= 15 is 4.39 Å². The van der Waals surface area contributed by atoms with Crippen LogP contribution in [0.15, 0.2) is 35.3 Å². The van der Waals surface area contributed by atoms with Crippen LogP contribution >= 0.6 is 0 Å². The Bertz CT molecular complexity index is 1270.